The van der Waals surface area contributed by atoms with Gasteiger partial charge in [-0.2, -0.15) is 5.10 Å². The third-order valence-electron chi connectivity index (χ3n) is 3.26. The van der Waals surface area contributed by atoms with Gasteiger partial charge in [0.05, 0.1) is 0 Å². The van der Waals surface area contributed by atoms with Crippen LogP contribution in [-0.2, 0) is 0 Å². The second-order valence-corrected chi connectivity index (χ2v) is 4.72. The summed E-state index contributed by atoms with van der Waals surface area (Å²) in [5.41, 5.74) is 0.199. The van der Waals surface area contributed by atoms with Crippen molar-refractivity contribution in [2.45, 2.75) is 6.92 Å². The topological polar surface area (TPSA) is 77.4 Å². The monoisotopic (exact) mass is 300 g/mol. The molecule has 114 valence electrons. The molecule has 2 aliphatic heterocycles. The zero-order valence-corrected chi connectivity index (χ0v) is 11.9. The number of rotatable bonds is 2. The summed E-state index contributed by atoms with van der Waals surface area (Å²) in [6, 6.07) is 4.58. The number of carbonyl (C=O) groups excluding carboxylic acids is 1. The predicted molar refractivity (Wildman–Crippen MR) is 80.2 cm³/mol. The average molecular weight is 300 g/mol. The summed E-state index contributed by atoms with van der Waals surface area (Å²) in [5, 5.41) is 15.8. The van der Waals surface area contributed by atoms with Crippen molar-refractivity contribution in [2.75, 3.05) is 13.3 Å². The molecule has 1 amide bonds. The van der Waals surface area contributed by atoms with Crippen molar-refractivity contribution >= 4 is 11.7 Å². The molecule has 0 atom stereocenters. The van der Waals surface area contributed by atoms with Crippen molar-refractivity contribution in [3.63, 3.8) is 0 Å². The van der Waals surface area contributed by atoms with Gasteiger partial charge in [0.15, 0.2) is 11.5 Å². The van der Waals surface area contributed by atoms with Crippen LogP contribution in [-0.4, -0.2) is 35.2 Å². The molecule has 0 N–H and O–H groups in total. The molecule has 7 nitrogen and oxygen atoms in total. The van der Waals surface area contributed by atoms with E-state index in [9.17, 15) is 10.0 Å². The first-order valence-corrected chi connectivity index (χ1v) is 6.71. The van der Waals surface area contributed by atoms with Crippen LogP contribution in [0.15, 0.2) is 47.7 Å². The highest BCUT2D eigenvalue weighted by Gasteiger charge is 2.17. The molecule has 3 rings (SSSR count). The van der Waals surface area contributed by atoms with Crippen LogP contribution in [0.25, 0.3) is 0 Å². The highest BCUT2D eigenvalue weighted by Crippen LogP contribution is 2.32. The van der Waals surface area contributed by atoms with E-state index in [0.29, 0.717) is 23.9 Å². The molecule has 7 heteroatoms. The second kappa shape index (κ2) is 5.90. The fraction of sp³-hybridized carbons (Fsp3) is 0.200. The lowest BCUT2D eigenvalue weighted by Crippen LogP contribution is -2.29. The number of allylic oxidation sites excluding steroid dienone is 2. The summed E-state index contributed by atoms with van der Waals surface area (Å²) >= 11 is 0. The Balaban J connectivity index is 1.74. The standard InChI is InChI=1S/C15H14N3O4/c1-11(17-7-3-2-4-8-17)16-18(20)15(19)12-5-6-13-14(9-12)22-10-21-13/h2-7,9H,8,10H2,1H3/q-1. The van der Waals surface area contributed by atoms with E-state index >= 15 is 0 Å². The summed E-state index contributed by atoms with van der Waals surface area (Å²) in [6.45, 7) is 2.39. The molecule has 2 heterocycles. The SMILES string of the molecule is CC(=NN([O-])C(=O)c1ccc2c(c1)OCO2)N1C=CC=CC1. The van der Waals surface area contributed by atoms with E-state index in [1.165, 1.54) is 12.1 Å². The Hall–Kier alpha value is -2.80. The number of hydrazone groups is 1. The van der Waals surface area contributed by atoms with Gasteiger partial charge in [-0.05, 0) is 31.2 Å². The molecule has 0 fully saturated rings. The van der Waals surface area contributed by atoms with E-state index in [4.69, 9.17) is 9.47 Å². The summed E-state index contributed by atoms with van der Waals surface area (Å²) < 4.78 is 10.4. The van der Waals surface area contributed by atoms with Crippen molar-refractivity contribution in [3.05, 3.63) is 53.4 Å². The van der Waals surface area contributed by atoms with E-state index < -0.39 is 5.91 Å². The number of amides is 1. The molecule has 1 aromatic carbocycles. The fourth-order valence-corrected chi connectivity index (χ4v) is 2.08. The Labute approximate surface area is 127 Å². The molecule has 0 saturated heterocycles. The number of hydrogen-bond acceptors (Lipinski definition) is 5. The molecule has 0 aliphatic carbocycles. The zero-order valence-electron chi connectivity index (χ0n) is 11.9. The predicted octanol–water partition coefficient (Wildman–Crippen LogP) is 2.07. The third-order valence-corrected chi connectivity index (χ3v) is 3.26. The number of amidine groups is 1. The smallest absolute Gasteiger partial charge is 0.263 e. The van der Waals surface area contributed by atoms with Gasteiger partial charge in [-0.15, -0.1) is 0 Å². The number of hydroxylamine groups is 1. The van der Waals surface area contributed by atoms with Crippen LogP contribution in [0.3, 0.4) is 0 Å². The molecular weight excluding hydrogens is 286 g/mol. The van der Waals surface area contributed by atoms with Crippen molar-refractivity contribution < 1.29 is 14.3 Å². The van der Waals surface area contributed by atoms with Gasteiger partial charge in [-0.25, -0.2) is 0 Å². The molecule has 2 aliphatic rings. The number of hydrogen-bond donors (Lipinski definition) is 0. The minimum absolute atomic E-state index is 0.0824. The quantitative estimate of drug-likeness (QED) is 0.475. The molecule has 0 radical (unpaired) electrons. The molecule has 0 saturated carbocycles. The summed E-state index contributed by atoms with van der Waals surface area (Å²) in [4.78, 5) is 13.9. The van der Waals surface area contributed by atoms with Crippen LogP contribution in [0.1, 0.15) is 17.3 Å². The van der Waals surface area contributed by atoms with E-state index in [1.54, 1.807) is 24.1 Å². The van der Waals surface area contributed by atoms with Gasteiger partial charge in [0.2, 0.25) is 6.79 Å². The number of benzene rings is 1. The van der Waals surface area contributed by atoms with Gasteiger partial charge >= 0.3 is 0 Å². The first-order chi connectivity index (χ1) is 10.6. The van der Waals surface area contributed by atoms with Gasteiger partial charge in [0.1, 0.15) is 5.84 Å². The maximum absolute atomic E-state index is 12.1. The van der Waals surface area contributed by atoms with Crippen molar-refractivity contribution in [1.29, 1.82) is 0 Å². The molecule has 0 unspecified atom stereocenters. The van der Waals surface area contributed by atoms with Gasteiger partial charge in [0.25, 0.3) is 5.91 Å². The highest BCUT2D eigenvalue weighted by molar-refractivity contribution is 5.96. The first-order valence-electron chi connectivity index (χ1n) is 6.71. The average Bonchev–Trinajstić information content (AvgIpc) is 3.02. The van der Waals surface area contributed by atoms with Gasteiger partial charge in [-0.1, -0.05) is 12.2 Å². The van der Waals surface area contributed by atoms with Crippen LogP contribution in [0.2, 0.25) is 0 Å². The third kappa shape index (κ3) is 2.79. The maximum Gasteiger partial charge on any atom is 0.263 e. The number of nitrogens with zero attached hydrogens (tertiary/aromatic N) is 3. The summed E-state index contributed by atoms with van der Waals surface area (Å²) in [6.07, 6.45) is 7.44. The maximum atomic E-state index is 12.1. The molecule has 1 aromatic rings. The Morgan fingerprint density at radius 1 is 1.32 bits per heavy atom. The molecule has 0 bridgehead atoms. The number of ether oxygens (including phenoxy) is 2. The fourth-order valence-electron chi connectivity index (χ4n) is 2.08. The van der Waals surface area contributed by atoms with Crippen LogP contribution in [0.5, 0.6) is 11.5 Å². The van der Waals surface area contributed by atoms with E-state index in [2.05, 4.69) is 5.10 Å². The lowest BCUT2D eigenvalue weighted by Gasteiger charge is -2.26. The Morgan fingerprint density at radius 2 is 2.14 bits per heavy atom. The largest absolute Gasteiger partial charge is 0.735 e. The summed E-state index contributed by atoms with van der Waals surface area (Å²) in [7, 11) is 0. The van der Waals surface area contributed by atoms with Crippen molar-refractivity contribution in [1.82, 2.24) is 10.1 Å². The van der Waals surface area contributed by atoms with Crippen LogP contribution < -0.4 is 9.47 Å². The first kappa shape index (κ1) is 14.2. The highest BCUT2D eigenvalue weighted by atomic mass is 16.7. The molecular formula is C15H14N3O4-. The van der Waals surface area contributed by atoms with Crippen LogP contribution >= 0.6 is 0 Å². The van der Waals surface area contributed by atoms with E-state index in [0.717, 1.165) is 0 Å². The molecule has 22 heavy (non-hydrogen) atoms. The second-order valence-electron chi connectivity index (χ2n) is 4.72. The van der Waals surface area contributed by atoms with Gasteiger partial charge in [-0.3, -0.25) is 9.97 Å². The lowest BCUT2D eigenvalue weighted by molar-refractivity contribution is 0.0824. The molecule has 0 aromatic heterocycles. The zero-order chi connectivity index (χ0) is 15.5. The van der Waals surface area contributed by atoms with Gasteiger partial charge < -0.3 is 19.6 Å². The Morgan fingerprint density at radius 3 is 2.91 bits per heavy atom. The number of carbonyl (C=O) groups is 1. The Kier molecular flexibility index (Phi) is 3.80. The van der Waals surface area contributed by atoms with Crippen molar-refractivity contribution in [2.24, 2.45) is 5.10 Å². The minimum Gasteiger partial charge on any atom is -0.735 e. The lowest BCUT2D eigenvalue weighted by atomic mass is 10.2. The Bertz CT molecular complexity index is 681. The normalized spacial score (nSPS) is 16.1. The van der Waals surface area contributed by atoms with Gasteiger partial charge in [0, 0.05) is 18.3 Å². The van der Waals surface area contributed by atoms with Crippen LogP contribution in [0.4, 0.5) is 0 Å². The number of fused-ring (bicyclic) bond motifs is 1. The minimum atomic E-state index is -0.755. The van der Waals surface area contributed by atoms with Crippen molar-refractivity contribution in [3.8, 4) is 11.5 Å². The van der Waals surface area contributed by atoms with E-state index in [1.807, 2.05) is 18.2 Å². The molecule has 0 spiro atoms. The summed E-state index contributed by atoms with van der Waals surface area (Å²) in [5.74, 6) is 0.682. The van der Waals surface area contributed by atoms with Crippen LogP contribution in [0, 0.1) is 5.21 Å². The van der Waals surface area contributed by atoms with E-state index in [-0.39, 0.29) is 17.5 Å².